The van der Waals surface area contributed by atoms with Gasteiger partial charge in [-0.2, -0.15) is 0 Å². The lowest BCUT2D eigenvalue weighted by molar-refractivity contribution is 0.503. The summed E-state index contributed by atoms with van der Waals surface area (Å²) in [5, 5.41) is 0.789. The Hall–Kier alpha value is -0.730. The molecule has 0 saturated carbocycles. The van der Waals surface area contributed by atoms with Crippen molar-refractivity contribution in [3.8, 4) is 0 Å². The fraction of sp³-hybridized carbons (Fsp3) is 0.647. The van der Waals surface area contributed by atoms with Gasteiger partial charge in [-0.3, -0.25) is 0 Å². The Morgan fingerprint density at radius 3 is 2.45 bits per heavy atom. The second kappa shape index (κ2) is 7.90. The van der Waals surface area contributed by atoms with Gasteiger partial charge in [-0.05, 0) is 55.9 Å². The van der Waals surface area contributed by atoms with Gasteiger partial charge in [0, 0.05) is 29.8 Å². The number of anilines is 1. The molecule has 114 valence electrons. The standard InChI is InChI=1S/C17H29ClN2/c1-6-16(19)11-14-10-15(18)7-8-17(14)20(5)13(4)9-12(2)3/h7-8,10,12-13,16H,6,9,11,19H2,1-5H3. The second-order valence-corrected chi connectivity index (χ2v) is 6.67. The van der Waals surface area contributed by atoms with Crippen molar-refractivity contribution in [1.82, 2.24) is 0 Å². The van der Waals surface area contributed by atoms with Crippen LogP contribution in [0.5, 0.6) is 0 Å². The van der Waals surface area contributed by atoms with E-state index in [0.29, 0.717) is 12.0 Å². The van der Waals surface area contributed by atoms with Crippen LogP contribution < -0.4 is 10.6 Å². The minimum atomic E-state index is 0.195. The van der Waals surface area contributed by atoms with Gasteiger partial charge in [0.1, 0.15) is 0 Å². The van der Waals surface area contributed by atoms with Gasteiger partial charge >= 0.3 is 0 Å². The first-order chi connectivity index (χ1) is 9.35. The summed E-state index contributed by atoms with van der Waals surface area (Å²) in [6.45, 7) is 8.93. The van der Waals surface area contributed by atoms with Crippen LogP contribution in [0.3, 0.4) is 0 Å². The third kappa shape index (κ3) is 4.99. The van der Waals surface area contributed by atoms with Crippen molar-refractivity contribution < 1.29 is 0 Å². The van der Waals surface area contributed by atoms with Gasteiger partial charge in [-0.15, -0.1) is 0 Å². The maximum Gasteiger partial charge on any atom is 0.0410 e. The molecule has 2 N–H and O–H groups in total. The van der Waals surface area contributed by atoms with Gasteiger partial charge in [0.2, 0.25) is 0 Å². The summed E-state index contributed by atoms with van der Waals surface area (Å²) in [5.74, 6) is 0.695. The molecule has 0 aliphatic rings. The molecule has 0 saturated heterocycles. The summed E-state index contributed by atoms with van der Waals surface area (Å²) in [4.78, 5) is 2.36. The van der Waals surface area contributed by atoms with Crippen LogP contribution in [-0.4, -0.2) is 19.1 Å². The number of hydrogen-bond acceptors (Lipinski definition) is 2. The van der Waals surface area contributed by atoms with Gasteiger partial charge in [-0.1, -0.05) is 32.4 Å². The molecule has 2 nitrogen and oxygen atoms in total. The molecular weight excluding hydrogens is 268 g/mol. The highest BCUT2D eigenvalue weighted by atomic mass is 35.5. The van der Waals surface area contributed by atoms with Crippen molar-refractivity contribution in [2.75, 3.05) is 11.9 Å². The van der Waals surface area contributed by atoms with Crippen LogP contribution in [0.4, 0.5) is 5.69 Å². The maximum atomic E-state index is 6.15. The SMILES string of the molecule is CCC(N)Cc1cc(Cl)ccc1N(C)C(C)CC(C)C. The van der Waals surface area contributed by atoms with E-state index in [0.717, 1.165) is 17.9 Å². The highest BCUT2D eigenvalue weighted by Gasteiger charge is 2.16. The van der Waals surface area contributed by atoms with E-state index in [2.05, 4.69) is 51.8 Å². The van der Waals surface area contributed by atoms with Gasteiger partial charge < -0.3 is 10.6 Å². The van der Waals surface area contributed by atoms with Crippen LogP contribution in [0, 0.1) is 5.92 Å². The molecule has 0 aromatic heterocycles. The molecule has 1 aromatic carbocycles. The Morgan fingerprint density at radius 1 is 1.25 bits per heavy atom. The van der Waals surface area contributed by atoms with Gasteiger partial charge in [0.25, 0.3) is 0 Å². The van der Waals surface area contributed by atoms with E-state index >= 15 is 0 Å². The molecule has 0 aliphatic heterocycles. The molecule has 3 heteroatoms. The number of benzene rings is 1. The van der Waals surface area contributed by atoms with Crippen molar-refractivity contribution in [1.29, 1.82) is 0 Å². The zero-order valence-corrected chi connectivity index (χ0v) is 14.2. The average Bonchev–Trinajstić information content (AvgIpc) is 2.37. The number of nitrogens with zero attached hydrogens (tertiary/aromatic N) is 1. The summed E-state index contributed by atoms with van der Waals surface area (Å²) in [5.41, 5.74) is 8.63. The van der Waals surface area contributed by atoms with Gasteiger partial charge in [-0.25, -0.2) is 0 Å². The molecule has 0 aliphatic carbocycles. The summed E-state index contributed by atoms with van der Waals surface area (Å²) >= 11 is 6.15. The molecule has 1 rings (SSSR count). The molecule has 1 aromatic rings. The van der Waals surface area contributed by atoms with E-state index in [9.17, 15) is 0 Å². The molecule has 0 bridgehead atoms. The van der Waals surface area contributed by atoms with E-state index in [4.69, 9.17) is 17.3 Å². The summed E-state index contributed by atoms with van der Waals surface area (Å²) < 4.78 is 0. The Balaban J connectivity index is 2.97. The quantitative estimate of drug-likeness (QED) is 0.803. The minimum absolute atomic E-state index is 0.195. The molecule has 2 unspecified atom stereocenters. The summed E-state index contributed by atoms with van der Waals surface area (Å²) in [6, 6.07) is 6.85. The lowest BCUT2D eigenvalue weighted by Gasteiger charge is -2.31. The first-order valence-electron chi connectivity index (χ1n) is 7.62. The number of rotatable bonds is 7. The molecule has 0 fully saturated rings. The Labute approximate surface area is 129 Å². The topological polar surface area (TPSA) is 29.3 Å². The Kier molecular flexibility index (Phi) is 6.84. The Morgan fingerprint density at radius 2 is 1.90 bits per heavy atom. The third-order valence-electron chi connectivity index (χ3n) is 3.90. The van der Waals surface area contributed by atoms with E-state index in [1.54, 1.807) is 0 Å². The normalized spacial score (nSPS) is 14.4. The predicted octanol–water partition coefficient (Wildman–Crippen LogP) is 4.49. The zero-order valence-electron chi connectivity index (χ0n) is 13.5. The van der Waals surface area contributed by atoms with E-state index in [1.165, 1.54) is 17.7 Å². The maximum absolute atomic E-state index is 6.15. The molecule has 20 heavy (non-hydrogen) atoms. The molecular formula is C17H29ClN2. The summed E-state index contributed by atoms with van der Waals surface area (Å²) in [7, 11) is 2.16. The fourth-order valence-electron chi connectivity index (χ4n) is 2.57. The minimum Gasteiger partial charge on any atom is -0.372 e. The monoisotopic (exact) mass is 296 g/mol. The number of nitrogens with two attached hydrogens (primary N) is 1. The summed E-state index contributed by atoms with van der Waals surface area (Å²) in [6.07, 6.45) is 3.04. The molecule has 0 amide bonds. The molecule has 0 spiro atoms. The van der Waals surface area contributed by atoms with Crippen molar-refractivity contribution in [2.24, 2.45) is 11.7 Å². The Bertz CT molecular complexity index is 417. The van der Waals surface area contributed by atoms with Crippen molar-refractivity contribution in [2.45, 2.75) is 59.0 Å². The van der Waals surface area contributed by atoms with Crippen molar-refractivity contribution in [3.05, 3.63) is 28.8 Å². The van der Waals surface area contributed by atoms with Crippen LogP contribution in [0.25, 0.3) is 0 Å². The molecule has 0 radical (unpaired) electrons. The van der Waals surface area contributed by atoms with Crippen LogP contribution in [0.2, 0.25) is 5.02 Å². The second-order valence-electron chi connectivity index (χ2n) is 6.23. The predicted molar refractivity (Wildman–Crippen MR) is 90.7 cm³/mol. The van der Waals surface area contributed by atoms with Crippen molar-refractivity contribution in [3.63, 3.8) is 0 Å². The van der Waals surface area contributed by atoms with Gasteiger partial charge in [0.05, 0.1) is 0 Å². The average molecular weight is 297 g/mol. The highest BCUT2D eigenvalue weighted by molar-refractivity contribution is 6.30. The smallest absolute Gasteiger partial charge is 0.0410 e. The van der Waals surface area contributed by atoms with Crippen LogP contribution in [-0.2, 0) is 6.42 Å². The van der Waals surface area contributed by atoms with Gasteiger partial charge in [0.15, 0.2) is 0 Å². The fourth-order valence-corrected chi connectivity index (χ4v) is 2.76. The lowest BCUT2D eigenvalue weighted by Crippen LogP contribution is -2.31. The highest BCUT2D eigenvalue weighted by Crippen LogP contribution is 2.27. The van der Waals surface area contributed by atoms with Crippen molar-refractivity contribution >= 4 is 17.3 Å². The number of halogens is 1. The van der Waals surface area contributed by atoms with E-state index in [1.807, 2.05) is 6.07 Å². The third-order valence-corrected chi connectivity index (χ3v) is 4.14. The molecule has 0 heterocycles. The first kappa shape index (κ1) is 17.3. The lowest BCUT2D eigenvalue weighted by atomic mass is 9.99. The van der Waals surface area contributed by atoms with Crippen LogP contribution in [0.15, 0.2) is 18.2 Å². The van der Waals surface area contributed by atoms with E-state index < -0.39 is 0 Å². The van der Waals surface area contributed by atoms with Crippen LogP contribution in [0.1, 0.15) is 46.1 Å². The van der Waals surface area contributed by atoms with E-state index in [-0.39, 0.29) is 6.04 Å². The van der Waals surface area contributed by atoms with Crippen LogP contribution >= 0.6 is 11.6 Å². The number of hydrogen-bond donors (Lipinski definition) is 1. The molecule has 2 atom stereocenters. The largest absolute Gasteiger partial charge is 0.372 e. The first-order valence-corrected chi connectivity index (χ1v) is 7.99. The zero-order chi connectivity index (χ0) is 15.3.